The van der Waals surface area contributed by atoms with E-state index in [0.717, 1.165) is 0 Å². The van der Waals surface area contributed by atoms with E-state index >= 15 is 0 Å². The molecule has 14 heavy (non-hydrogen) atoms. The molecular weight excluding hydrogens is 180 g/mol. The zero-order valence-corrected chi connectivity index (χ0v) is 9.47. The lowest BCUT2D eigenvalue weighted by Gasteiger charge is -2.22. The highest BCUT2D eigenvalue weighted by Crippen LogP contribution is 2.06. The third-order valence-corrected chi connectivity index (χ3v) is 1.37. The molecule has 0 aliphatic carbocycles. The molecular formula is C10H18N2O2. The Labute approximate surface area is 85.2 Å². The van der Waals surface area contributed by atoms with Gasteiger partial charge in [-0.2, -0.15) is 5.26 Å². The molecule has 0 heterocycles. The molecule has 0 aliphatic rings. The summed E-state index contributed by atoms with van der Waals surface area (Å²) in [6, 6.07) is 1.98. The minimum absolute atomic E-state index is 0.0192. The van der Waals surface area contributed by atoms with E-state index in [1.54, 1.807) is 13.8 Å². The Bertz CT molecular complexity index is 246. The van der Waals surface area contributed by atoms with Crippen molar-refractivity contribution >= 4 is 5.91 Å². The van der Waals surface area contributed by atoms with Crippen molar-refractivity contribution in [3.05, 3.63) is 0 Å². The molecule has 0 aromatic rings. The Kier molecular flexibility index (Phi) is 4.08. The van der Waals surface area contributed by atoms with E-state index in [1.165, 1.54) is 0 Å². The first-order chi connectivity index (χ1) is 6.16. The molecule has 0 aliphatic heterocycles. The minimum Gasteiger partial charge on any atom is -0.366 e. The van der Waals surface area contributed by atoms with Crippen LogP contribution in [-0.2, 0) is 9.53 Å². The van der Waals surface area contributed by atoms with Gasteiger partial charge in [0.25, 0.3) is 0 Å². The quantitative estimate of drug-likeness (QED) is 0.741. The molecule has 1 N–H and O–H groups in total. The van der Waals surface area contributed by atoms with E-state index < -0.39 is 5.54 Å². The largest absolute Gasteiger partial charge is 0.366 e. The Balaban J connectivity index is 3.97. The Morgan fingerprint density at radius 3 is 2.21 bits per heavy atom. The highest BCUT2D eigenvalue weighted by atomic mass is 16.5. The van der Waals surface area contributed by atoms with Gasteiger partial charge in [-0.3, -0.25) is 4.79 Å². The molecule has 0 spiro atoms. The average molecular weight is 198 g/mol. The molecule has 0 radical (unpaired) electrons. The van der Waals surface area contributed by atoms with Gasteiger partial charge in [0.1, 0.15) is 12.1 Å². The maximum absolute atomic E-state index is 11.3. The zero-order chi connectivity index (χ0) is 11.4. The average Bonchev–Trinajstić information content (AvgIpc) is 1.99. The number of amides is 1. The van der Waals surface area contributed by atoms with Gasteiger partial charge >= 0.3 is 0 Å². The summed E-state index contributed by atoms with van der Waals surface area (Å²) in [6.07, 6.45) is 0. The van der Waals surface area contributed by atoms with Crippen LogP contribution in [0.5, 0.6) is 0 Å². The van der Waals surface area contributed by atoms with Gasteiger partial charge in [0.15, 0.2) is 0 Å². The third-order valence-electron chi connectivity index (χ3n) is 1.37. The fourth-order valence-corrected chi connectivity index (χ4v) is 0.695. The van der Waals surface area contributed by atoms with Crippen LogP contribution in [0.4, 0.5) is 0 Å². The highest BCUT2D eigenvalue weighted by molar-refractivity contribution is 5.78. The van der Waals surface area contributed by atoms with Crippen molar-refractivity contribution < 1.29 is 9.53 Å². The molecule has 0 aromatic carbocycles. The summed E-state index contributed by atoms with van der Waals surface area (Å²) in [5.41, 5.74) is -1.17. The van der Waals surface area contributed by atoms with Crippen molar-refractivity contribution in [1.29, 1.82) is 5.26 Å². The van der Waals surface area contributed by atoms with Crippen molar-refractivity contribution in [2.24, 2.45) is 0 Å². The molecule has 80 valence electrons. The van der Waals surface area contributed by atoms with Gasteiger partial charge in [0, 0.05) is 0 Å². The first-order valence-corrected chi connectivity index (χ1v) is 4.52. The van der Waals surface area contributed by atoms with Gasteiger partial charge in [-0.1, -0.05) is 0 Å². The van der Waals surface area contributed by atoms with Crippen LogP contribution in [0.3, 0.4) is 0 Å². The maximum Gasteiger partial charge on any atom is 0.247 e. The number of hydrogen-bond acceptors (Lipinski definition) is 3. The lowest BCUT2D eigenvalue weighted by molar-refractivity contribution is -0.131. The van der Waals surface area contributed by atoms with Crippen molar-refractivity contribution in [3.63, 3.8) is 0 Å². The number of rotatable bonds is 3. The van der Waals surface area contributed by atoms with Crippen molar-refractivity contribution in [2.45, 2.75) is 45.8 Å². The molecule has 0 unspecified atom stereocenters. The number of nitriles is 1. The predicted octanol–water partition coefficient (Wildman–Crippen LogP) is 1.22. The van der Waals surface area contributed by atoms with Gasteiger partial charge < -0.3 is 10.1 Å². The van der Waals surface area contributed by atoms with Crippen LogP contribution in [0.25, 0.3) is 0 Å². The first kappa shape index (κ1) is 12.9. The van der Waals surface area contributed by atoms with Crippen LogP contribution in [-0.4, -0.2) is 23.7 Å². The number of nitrogens with zero attached hydrogens (tertiary/aromatic N) is 1. The summed E-state index contributed by atoms with van der Waals surface area (Å²) in [5, 5.41) is 11.2. The SMILES string of the molecule is CC(C)(C#N)NC(=O)COC(C)(C)C. The summed E-state index contributed by atoms with van der Waals surface area (Å²) >= 11 is 0. The Morgan fingerprint density at radius 1 is 1.36 bits per heavy atom. The number of hydrogen-bond donors (Lipinski definition) is 1. The van der Waals surface area contributed by atoms with Gasteiger partial charge in [-0.25, -0.2) is 0 Å². The number of carbonyl (C=O) groups excluding carboxylic acids is 1. The second kappa shape index (κ2) is 4.43. The van der Waals surface area contributed by atoms with E-state index in [-0.39, 0.29) is 18.1 Å². The topological polar surface area (TPSA) is 62.1 Å². The maximum atomic E-state index is 11.3. The molecule has 0 saturated heterocycles. The standard InChI is InChI=1S/C10H18N2O2/c1-9(2,3)14-6-8(13)12-10(4,5)7-11/h6H2,1-5H3,(H,12,13). The van der Waals surface area contributed by atoms with Gasteiger partial charge in [0.2, 0.25) is 5.91 Å². The van der Waals surface area contributed by atoms with E-state index in [0.29, 0.717) is 0 Å². The van der Waals surface area contributed by atoms with Crippen LogP contribution in [0.1, 0.15) is 34.6 Å². The molecule has 4 heteroatoms. The molecule has 1 amide bonds. The van der Waals surface area contributed by atoms with E-state index in [9.17, 15) is 4.79 Å². The first-order valence-electron chi connectivity index (χ1n) is 4.52. The van der Waals surface area contributed by atoms with Crippen LogP contribution in [0.2, 0.25) is 0 Å². The molecule has 0 atom stereocenters. The van der Waals surface area contributed by atoms with Crippen LogP contribution >= 0.6 is 0 Å². The Hall–Kier alpha value is -1.08. The minimum atomic E-state index is -0.835. The van der Waals surface area contributed by atoms with Crippen molar-refractivity contribution in [1.82, 2.24) is 5.32 Å². The molecule has 0 saturated carbocycles. The Morgan fingerprint density at radius 2 is 1.86 bits per heavy atom. The number of ether oxygens (including phenoxy) is 1. The third kappa shape index (κ3) is 6.44. The molecule has 0 aromatic heterocycles. The summed E-state index contributed by atoms with van der Waals surface area (Å²) in [4.78, 5) is 11.3. The second-order valence-electron chi connectivity index (χ2n) is 4.69. The predicted molar refractivity (Wildman–Crippen MR) is 53.5 cm³/mol. The molecule has 0 bridgehead atoms. The van der Waals surface area contributed by atoms with E-state index in [1.807, 2.05) is 26.8 Å². The van der Waals surface area contributed by atoms with Crippen LogP contribution < -0.4 is 5.32 Å². The van der Waals surface area contributed by atoms with Crippen molar-refractivity contribution in [3.8, 4) is 6.07 Å². The fraction of sp³-hybridized carbons (Fsp3) is 0.800. The molecule has 0 fully saturated rings. The van der Waals surface area contributed by atoms with Crippen LogP contribution in [0.15, 0.2) is 0 Å². The smallest absolute Gasteiger partial charge is 0.247 e. The van der Waals surface area contributed by atoms with Gasteiger partial charge in [-0.05, 0) is 34.6 Å². The van der Waals surface area contributed by atoms with Gasteiger partial charge in [-0.15, -0.1) is 0 Å². The normalized spacial score (nSPS) is 12.0. The fourth-order valence-electron chi connectivity index (χ4n) is 0.695. The zero-order valence-electron chi connectivity index (χ0n) is 9.47. The monoisotopic (exact) mass is 198 g/mol. The van der Waals surface area contributed by atoms with E-state index in [2.05, 4.69) is 5.32 Å². The molecule has 0 rings (SSSR count). The number of carbonyl (C=O) groups is 1. The second-order valence-corrected chi connectivity index (χ2v) is 4.69. The van der Waals surface area contributed by atoms with Crippen molar-refractivity contribution in [2.75, 3.05) is 6.61 Å². The summed E-state index contributed by atoms with van der Waals surface area (Å²) in [6.45, 7) is 8.87. The molecule has 4 nitrogen and oxygen atoms in total. The number of nitrogens with one attached hydrogen (secondary N) is 1. The lowest BCUT2D eigenvalue weighted by atomic mass is 10.1. The van der Waals surface area contributed by atoms with Gasteiger partial charge in [0.05, 0.1) is 11.7 Å². The van der Waals surface area contributed by atoms with Crippen LogP contribution in [0, 0.1) is 11.3 Å². The summed E-state index contributed by atoms with van der Waals surface area (Å²) in [7, 11) is 0. The summed E-state index contributed by atoms with van der Waals surface area (Å²) in [5.74, 6) is -0.272. The summed E-state index contributed by atoms with van der Waals surface area (Å²) < 4.78 is 5.26. The highest BCUT2D eigenvalue weighted by Gasteiger charge is 2.20. The van der Waals surface area contributed by atoms with E-state index in [4.69, 9.17) is 10.00 Å². The lowest BCUT2D eigenvalue weighted by Crippen LogP contribution is -2.44.